The number of carbonyl (C=O) groups excluding carboxylic acids is 4. The fourth-order valence-electron chi connectivity index (χ4n) is 4.55. The van der Waals surface area contributed by atoms with Crippen LogP contribution < -0.4 is 16.0 Å². The van der Waals surface area contributed by atoms with Crippen molar-refractivity contribution in [1.29, 1.82) is 0 Å². The summed E-state index contributed by atoms with van der Waals surface area (Å²) in [7, 11) is 0. The third kappa shape index (κ3) is 7.48. The van der Waals surface area contributed by atoms with Crippen molar-refractivity contribution in [2.75, 3.05) is 6.54 Å². The number of fused-ring (bicyclic) bond motifs is 1. The van der Waals surface area contributed by atoms with Gasteiger partial charge in [0.1, 0.15) is 12.9 Å². The van der Waals surface area contributed by atoms with E-state index in [1.807, 2.05) is 68.4 Å². The number of aldehydes is 1. The van der Waals surface area contributed by atoms with Gasteiger partial charge in [0.05, 0.1) is 30.6 Å². The topological polar surface area (TPSA) is 151 Å². The molecule has 202 valence electrons. The van der Waals surface area contributed by atoms with Gasteiger partial charge in [-0.1, -0.05) is 68.4 Å². The Bertz CT molecular complexity index is 1140. The number of benzene rings is 2. The normalized spacial score (nSPS) is 15.1. The predicted molar refractivity (Wildman–Crippen MR) is 138 cm³/mol. The van der Waals surface area contributed by atoms with Crippen LogP contribution >= 0.6 is 0 Å². The van der Waals surface area contributed by atoms with Crippen LogP contribution in [0.15, 0.2) is 54.6 Å². The number of carboxylic acid groups (broad SMARTS) is 1. The maximum absolute atomic E-state index is 14.0. The second-order valence-electron chi connectivity index (χ2n) is 9.76. The van der Waals surface area contributed by atoms with Gasteiger partial charge in [-0.25, -0.2) is 4.79 Å². The van der Waals surface area contributed by atoms with Crippen molar-refractivity contribution in [3.05, 3.63) is 71.3 Å². The lowest BCUT2D eigenvalue weighted by molar-refractivity contribution is -0.138. The van der Waals surface area contributed by atoms with E-state index < -0.39 is 42.0 Å². The van der Waals surface area contributed by atoms with E-state index >= 15 is 0 Å². The van der Waals surface area contributed by atoms with Gasteiger partial charge < -0.3 is 25.3 Å². The van der Waals surface area contributed by atoms with Gasteiger partial charge >= 0.3 is 12.1 Å². The summed E-state index contributed by atoms with van der Waals surface area (Å²) in [6.07, 6.45) is -0.323. The van der Waals surface area contributed by atoms with Crippen LogP contribution in [0.4, 0.5) is 4.79 Å². The van der Waals surface area contributed by atoms with Gasteiger partial charge in [-0.15, -0.1) is 0 Å². The minimum Gasteiger partial charge on any atom is -0.481 e. The van der Waals surface area contributed by atoms with Crippen molar-refractivity contribution in [2.45, 2.75) is 57.3 Å². The SMILES string of the molecule is CC(C)[C@H](NC(=O)OCc1ccccc1)C(=O)C1(NCC(=O)N[C@H](C=O)CC(=O)O)Cc2ccccc2C1. The molecule has 2 atom stereocenters. The third-order valence-electron chi connectivity index (χ3n) is 6.50. The molecular formula is C28H33N3O7. The molecule has 0 aromatic heterocycles. The Hall–Kier alpha value is -4.05. The predicted octanol–water partition coefficient (Wildman–Crippen LogP) is 1.79. The van der Waals surface area contributed by atoms with Gasteiger partial charge in [-0.2, -0.15) is 0 Å². The molecule has 0 bridgehead atoms. The van der Waals surface area contributed by atoms with E-state index in [4.69, 9.17) is 9.84 Å². The number of amides is 2. The molecule has 38 heavy (non-hydrogen) atoms. The average molecular weight is 524 g/mol. The quantitative estimate of drug-likeness (QED) is 0.290. The number of alkyl carbamates (subject to hydrolysis) is 1. The van der Waals surface area contributed by atoms with Gasteiger partial charge in [0.25, 0.3) is 0 Å². The first-order valence-electron chi connectivity index (χ1n) is 12.4. The van der Waals surface area contributed by atoms with Gasteiger partial charge in [-0.05, 0) is 35.4 Å². The Kier molecular flexibility index (Phi) is 9.72. The molecule has 2 aromatic rings. The zero-order valence-electron chi connectivity index (χ0n) is 21.4. The van der Waals surface area contributed by atoms with E-state index in [2.05, 4.69) is 16.0 Å². The highest BCUT2D eigenvalue weighted by molar-refractivity contribution is 5.97. The number of nitrogens with one attached hydrogen (secondary N) is 3. The van der Waals surface area contributed by atoms with E-state index in [-0.39, 0.29) is 24.9 Å². The highest BCUT2D eigenvalue weighted by Gasteiger charge is 2.47. The molecule has 1 aliphatic carbocycles. The minimum absolute atomic E-state index is 0.0505. The van der Waals surface area contributed by atoms with E-state index in [0.717, 1.165) is 16.7 Å². The molecule has 0 aliphatic heterocycles. The second-order valence-corrected chi connectivity index (χ2v) is 9.76. The molecule has 1 aliphatic rings. The zero-order valence-corrected chi connectivity index (χ0v) is 21.4. The molecule has 0 fully saturated rings. The van der Waals surface area contributed by atoms with Crippen molar-refractivity contribution < 1.29 is 33.8 Å². The lowest BCUT2D eigenvalue weighted by atomic mass is 9.82. The summed E-state index contributed by atoms with van der Waals surface area (Å²) in [6.45, 7) is 3.34. The van der Waals surface area contributed by atoms with Gasteiger partial charge in [0.2, 0.25) is 5.91 Å². The molecule has 0 radical (unpaired) electrons. The molecule has 10 heteroatoms. The summed E-state index contributed by atoms with van der Waals surface area (Å²) in [5.41, 5.74) is 1.49. The van der Waals surface area contributed by atoms with Crippen molar-refractivity contribution in [2.24, 2.45) is 5.92 Å². The monoisotopic (exact) mass is 523 g/mol. The first kappa shape index (κ1) is 28.5. The molecule has 0 unspecified atom stereocenters. The van der Waals surface area contributed by atoms with Crippen molar-refractivity contribution in [1.82, 2.24) is 16.0 Å². The van der Waals surface area contributed by atoms with E-state index in [0.29, 0.717) is 19.1 Å². The number of carboxylic acids is 1. The molecule has 0 saturated carbocycles. The summed E-state index contributed by atoms with van der Waals surface area (Å²) in [5, 5.41) is 17.1. The first-order chi connectivity index (χ1) is 18.1. The Morgan fingerprint density at radius 1 is 0.974 bits per heavy atom. The highest BCUT2D eigenvalue weighted by atomic mass is 16.5. The van der Waals surface area contributed by atoms with Crippen LogP contribution in [0.3, 0.4) is 0 Å². The Balaban J connectivity index is 1.74. The Morgan fingerprint density at radius 3 is 2.13 bits per heavy atom. The molecule has 10 nitrogen and oxygen atoms in total. The van der Waals surface area contributed by atoms with Gasteiger partial charge in [0.15, 0.2) is 5.78 Å². The number of carbonyl (C=O) groups is 5. The molecule has 3 rings (SSSR count). The maximum Gasteiger partial charge on any atom is 0.408 e. The van der Waals surface area contributed by atoms with E-state index in [9.17, 15) is 24.0 Å². The number of Topliss-reactive ketones (excluding diaryl/α,β-unsaturated/α-hetero) is 1. The van der Waals surface area contributed by atoms with Crippen LogP contribution in [0, 0.1) is 5.92 Å². The van der Waals surface area contributed by atoms with E-state index in [1.165, 1.54) is 0 Å². The standard InChI is InChI=1S/C28H33N3O7/c1-18(2)25(31-27(37)38-17-19-8-4-3-5-9-19)26(36)28(13-20-10-6-7-11-21(20)14-28)29-15-23(33)30-22(16-32)12-24(34)35/h3-11,16,18,22,25,29H,12-15,17H2,1-2H3,(H,30,33)(H,31,37)(H,34,35)/t22-,25-/m0/s1. The van der Waals surface area contributed by atoms with Gasteiger partial charge in [-0.3, -0.25) is 19.7 Å². The highest BCUT2D eigenvalue weighted by Crippen LogP contribution is 2.32. The Labute approximate surface area is 221 Å². The molecule has 2 amide bonds. The molecule has 0 saturated heterocycles. The van der Waals surface area contributed by atoms with Crippen LogP contribution in [0.1, 0.15) is 37.0 Å². The molecule has 0 heterocycles. The number of ketones is 1. The number of ether oxygens (including phenoxy) is 1. The minimum atomic E-state index is -1.22. The Morgan fingerprint density at radius 2 is 1.58 bits per heavy atom. The van der Waals surface area contributed by atoms with Crippen molar-refractivity contribution in [3.8, 4) is 0 Å². The number of rotatable bonds is 13. The zero-order chi connectivity index (χ0) is 27.7. The summed E-state index contributed by atoms with van der Waals surface area (Å²) >= 11 is 0. The van der Waals surface area contributed by atoms with Crippen LogP contribution in [0.25, 0.3) is 0 Å². The maximum atomic E-state index is 14.0. The van der Waals surface area contributed by atoms with Crippen molar-refractivity contribution >= 4 is 30.0 Å². The van der Waals surface area contributed by atoms with Crippen LogP contribution in [-0.4, -0.2) is 59.3 Å². The summed E-state index contributed by atoms with van der Waals surface area (Å²) in [4.78, 5) is 61.3. The summed E-state index contributed by atoms with van der Waals surface area (Å²) < 4.78 is 5.33. The largest absolute Gasteiger partial charge is 0.481 e. The lowest BCUT2D eigenvalue weighted by Crippen LogP contribution is -2.63. The van der Waals surface area contributed by atoms with Crippen molar-refractivity contribution in [3.63, 3.8) is 0 Å². The fourth-order valence-corrected chi connectivity index (χ4v) is 4.55. The average Bonchev–Trinajstić information content (AvgIpc) is 3.28. The second kappa shape index (κ2) is 13.0. The molecule has 4 N–H and O–H groups in total. The number of hydrogen-bond donors (Lipinski definition) is 4. The summed E-state index contributed by atoms with van der Waals surface area (Å²) in [5.74, 6) is -2.43. The molecule has 0 spiro atoms. The lowest BCUT2D eigenvalue weighted by Gasteiger charge is -2.34. The number of hydrogen-bond acceptors (Lipinski definition) is 7. The fraction of sp³-hybridized carbons (Fsp3) is 0.393. The van der Waals surface area contributed by atoms with Crippen LogP contribution in [0.2, 0.25) is 0 Å². The number of aliphatic carboxylic acids is 1. The first-order valence-corrected chi connectivity index (χ1v) is 12.4. The smallest absolute Gasteiger partial charge is 0.408 e. The summed E-state index contributed by atoms with van der Waals surface area (Å²) in [6, 6.07) is 14.6. The van der Waals surface area contributed by atoms with Crippen LogP contribution in [-0.2, 0) is 43.4 Å². The third-order valence-corrected chi connectivity index (χ3v) is 6.50. The molecular weight excluding hydrogens is 490 g/mol. The van der Waals surface area contributed by atoms with Crippen LogP contribution in [0.5, 0.6) is 0 Å². The van der Waals surface area contributed by atoms with E-state index in [1.54, 1.807) is 0 Å². The molecule has 2 aromatic carbocycles. The van der Waals surface area contributed by atoms with Gasteiger partial charge in [0, 0.05) is 0 Å².